The van der Waals surface area contributed by atoms with Gasteiger partial charge in [-0.25, -0.2) is 9.37 Å². The molecule has 0 radical (unpaired) electrons. The average Bonchev–Trinajstić information content (AvgIpc) is 3.38. The molecule has 1 aliphatic rings. The Morgan fingerprint density at radius 2 is 1.74 bits per heavy atom. The number of anilines is 1. The zero-order valence-electron chi connectivity index (χ0n) is 18.1. The van der Waals surface area contributed by atoms with Crippen molar-refractivity contribution in [2.45, 2.75) is 13.1 Å². The summed E-state index contributed by atoms with van der Waals surface area (Å²) in [6.45, 7) is 3.57. The standard InChI is InChI=1S/C24H20F4N4OS/c1-15-21(34-23-29-20(14-32(15)23)16-5-7-18(25)8-6-16)22(33)31-11-9-30(10-12-31)19-4-2-3-17(13-19)24(26,27)28/h2-8,13-14H,9-12H2,1H3. The molecule has 1 aliphatic heterocycles. The maximum absolute atomic E-state index is 13.2. The van der Waals surface area contributed by atoms with Gasteiger partial charge >= 0.3 is 6.18 Å². The Labute approximate surface area is 196 Å². The molecule has 2 aromatic heterocycles. The van der Waals surface area contributed by atoms with Crippen LogP contribution in [0.15, 0.2) is 54.7 Å². The number of imidazole rings is 1. The highest BCUT2D eigenvalue weighted by Gasteiger charge is 2.31. The van der Waals surface area contributed by atoms with E-state index in [1.165, 1.54) is 29.5 Å². The van der Waals surface area contributed by atoms with Gasteiger partial charge in [-0.05, 0) is 49.4 Å². The third-order valence-electron chi connectivity index (χ3n) is 6.00. The lowest BCUT2D eigenvalue weighted by atomic mass is 10.1. The van der Waals surface area contributed by atoms with E-state index in [1.807, 2.05) is 22.4 Å². The Morgan fingerprint density at radius 3 is 2.38 bits per heavy atom. The van der Waals surface area contributed by atoms with Gasteiger partial charge in [0.2, 0.25) is 0 Å². The largest absolute Gasteiger partial charge is 0.416 e. The first-order chi connectivity index (χ1) is 16.2. The Kier molecular flexibility index (Phi) is 5.55. The van der Waals surface area contributed by atoms with Gasteiger partial charge in [-0.1, -0.05) is 17.4 Å². The van der Waals surface area contributed by atoms with Crippen molar-refractivity contribution in [3.63, 3.8) is 0 Å². The highest BCUT2D eigenvalue weighted by Crippen LogP contribution is 2.32. The van der Waals surface area contributed by atoms with Gasteiger partial charge < -0.3 is 9.80 Å². The summed E-state index contributed by atoms with van der Waals surface area (Å²) in [5.74, 6) is -0.429. The summed E-state index contributed by atoms with van der Waals surface area (Å²) in [5, 5.41) is 0. The molecule has 5 nitrogen and oxygen atoms in total. The minimum Gasteiger partial charge on any atom is -0.368 e. The SMILES string of the molecule is Cc1c(C(=O)N2CCN(c3cccc(C(F)(F)F)c3)CC2)sc2nc(-c3ccc(F)cc3)cn12. The summed E-state index contributed by atoms with van der Waals surface area (Å²) in [6.07, 6.45) is -2.56. The lowest BCUT2D eigenvalue weighted by molar-refractivity contribution is -0.137. The van der Waals surface area contributed by atoms with Gasteiger partial charge in [-0.2, -0.15) is 13.2 Å². The first kappa shape index (κ1) is 22.4. The smallest absolute Gasteiger partial charge is 0.368 e. The van der Waals surface area contributed by atoms with Gasteiger partial charge in [-0.3, -0.25) is 9.20 Å². The van der Waals surface area contributed by atoms with Crippen LogP contribution in [0.2, 0.25) is 0 Å². The Bertz CT molecular complexity index is 1350. The molecule has 1 saturated heterocycles. The maximum Gasteiger partial charge on any atom is 0.416 e. The Balaban J connectivity index is 1.30. The quantitative estimate of drug-likeness (QED) is 0.358. The highest BCUT2D eigenvalue weighted by molar-refractivity contribution is 7.19. The fourth-order valence-electron chi connectivity index (χ4n) is 4.10. The zero-order valence-corrected chi connectivity index (χ0v) is 19.0. The number of carbonyl (C=O) groups is 1. The van der Waals surface area contributed by atoms with Crippen LogP contribution >= 0.6 is 11.3 Å². The van der Waals surface area contributed by atoms with Crippen molar-refractivity contribution in [1.82, 2.24) is 14.3 Å². The summed E-state index contributed by atoms with van der Waals surface area (Å²) >= 11 is 1.29. The van der Waals surface area contributed by atoms with Crippen LogP contribution in [0.25, 0.3) is 16.2 Å². The van der Waals surface area contributed by atoms with Crippen LogP contribution in [-0.4, -0.2) is 46.4 Å². The summed E-state index contributed by atoms with van der Waals surface area (Å²) in [4.78, 5) is 22.6. The molecule has 5 rings (SSSR count). The second-order valence-electron chi connectivity index (χ2n) is 8.13. The normalized spacial score (nSPS) is 14.7. The number of thiazole rings is 1. The number of aryl methyl sites for hydroxylation is 1. The van der Waals surface area contributed by atoms with Crippen LogP contribution in [0, 0.1) is 12.7 Å². The third-order valence-corrected chi connectivity index (χ3v) is 7.14. The number of piperazine rings is 1. The molecule has 10 heteroatoms. The number of benzene rings is 2. The molecule has 0 atom stereocenters. The van der Waals surface area contributed by atoms with E-state index in [0.717, 1.165) is 23.4 Å². The predicted octanol–water partition coefficient (Wildman–Crippen LogP) is 5.49. The van der Waals surface area contributed by atoms with Crippen LogP contribution in [0.3, 0.4) is 0 Å². The Hall–Kier alpha value is -3.40. The first-order valence-electron chi connectivity index (χ1n) is 10.7. The first-order valence-corrected chi connectivity index (χ1v) is 11.5. The summed E-state index contributed by atoms with van der Waals surface area (Å²) in [5.41, 5.74) is 2.08. The van der Waals surface area contributed by atoms with E-state index < -0.39 is 11.7 Å². The maximum atomic E-state index is 13.2. The average molecular weight is 489 g/mol. The summed E-state index contributed by atoms with van der Waals surface area (Å²) in [6, 6.07) is 11.3. The molecule has 3 heterocycles. The van der Waals surface area contributed by atoms with E-state index in [2.05, 4.69) is 4.98 Å². The van der Waals surface area contributed by atoms with E-state index in [-0.39, 0.29) is 11.7 Å². The molecule has 34 heavy (non-hydrogen) atoms. The molecule has 0 aliphatic carbocycles. The van der Waals surface area contributed by atoms with Gasteiger partial charge in [0.1, 0.15) is 10.7 Å². The van der Waals surface area contributed by atoms with Crippen molar-refractivity contribution < 1.29 is 22.4 Å². The van der Waals surface area contributed by atoms with Gasteiger partial charge in [0, 0.05) is 49.3 Å². The molecule has 1 amide bonds. The molecule has 2 aromatic carbocycles. The van der Waals surface area contributed by atoms with Gasteiger partial charge in [-0.15, -0.1) is 0 Å². The van der Waals surface area contributed by atoms with Crippen molar-refractivity contribution in [3.05, 3.63) is 76.7 Å². The number of hydrogen-bond acceptors (Lipinski definition) is 4. The number of rotatable bonds is 3. The number of fused-ring (bicyclic) bond motifs is 1. The summed E-state index contributed by atoms with van der Waals surface area (Å²) in [7, 11) is 0. The lowest BCUT2D eigenvalue weighted by Crippen LogP contribution is -2.48. The number of alkyl halides is 3. The molecule has 1 fully saturated rings. The molecule has 0 spiro atoms. The second kappa shape index (κ2) is 8.43. The third kappa shape index (κ3) is 4.13. The topological polar surface area (TPSA) is 40.9 Å². The minimum absolute atomic E-state index is 0.111. The number of hydrogen-bond donors (Lipinski definition) is 0. The molecule has 0 unspecified atom stereocenters. The van der Waals surface area contributed by atoms with Crippen molar-refractivity contribution in [1.29, 1.82) is 0 Å². The molecule has 0 N–H and O–H groups in total. The van der Waals surface area contributed by atoms with E-state index >= 15 is 0 Å². The van der Waals surface area contributed by atoms with Crippen molar-refractivity contribution in [2.75, 3.05) is 31.1 Å². The zero-order chi connectivity index (χ0) is 24.0. The van der Waals surface area contributed by atoms with Crippen LogP contribution < -0.4 is 4.90 Å². The molecule has 4 aromatic rings. The number of aromatic nitrogens is 2. The second-order valence-corrected chi connectivity index (χ2v) is 9.11. The van der Waals surface area contributed by atoms with E-state index in [1.54, 1.807) is 23.1 Å². The molecule has 176 valence electrons. The van der Waals surface area contributed by atoms with Crippen molar-refractivity contribution in [3.8, 4) is 11.3 Å². The molecule has 0 bridgehead atoms. The number of nitrogens with zero attached hydrogens (tertiary/aromatic N) is 4. The van der Waals surface area contributed by atoms with Gasteiger partial charge in [0.25, 0.3) is 5.91 Å². The highest BCUT2D eigenvalue weighted by atomic mass is 32.1. The van der Waals surface area contributed by atoms with Crippen LogP contribution in [-0.2, 0) is 6.18 Å². The van der Waals surface area contributed by atoms with E-state index in [0.29, 0.717) is 47.4 Å². The number of halogens is 4. The number of carbonyl (C=O) groups excluding carboxylic acids is 1. The van der Waals surface area contributed by atoms with E-state index in [9.17, 15) is 22.4 Å². The van der Waals surface area contributed by atoms with Crippen molar-refractivity contribution >= 4 is 27.9 Å². The van der Waals surface area contributed by atoms with Gasteiger partial charge in [0.15, 0.2) is 4.96 Å². The lowest BCUT2D eigenvalue weighted by Gasteiger charge is -2.36. The molecular weight excluding hydrogens is 468 g/mol. The van der Waals surface area contributed by atoms with Crippen LogP contribution in [0.1, 0.15) is 20.9 Å². The van der Waals surface area contributed by atoms with Gasteiger partial charge in [0.05, 0.1) is 11.3 Å². The predicted molar refractivity (Wildman–Crippen MR) is 123 cm³/mol. The van der Waals surface area contributed by atoms with Crippen molar-refractivity contribution in [2.24, 2.45) is 0 Å². The minimum atomic E-state index is -4.39. The fraction of sp³-hybridized carbons (Fsp3) is 0.250. The van der Waals surface area contributed by atoms with E-state index in [4.69, 9.17) is 0 Å². The molecular formula is C24H20F4N4OS. The summed E-state index contributed by atoms with van der Waals surface area (Å²) < 4.78 is 54.2. The Morgan fingerprint density at radius 1 is 1.03 bits per heavy atom. The monoisotopic (exact) mass is 488 g/mol. The van der Waals surface area contributed by atoms with Crippen LogP contribution in [0.4, 0.5) is 23.2 Å². The molecule has 0 saturated carbocycles. The fourth-order valence-corrected chi connectivity index (χ4v) is 5.18. The van der Waals surface area contributed by atoms with Crippen LogP contribution in [0.5, 0.6) is 0 Å². The number of amides is 1.